The van der Waals surface area contributed by atoms with Gasteiger partial charge in [0.15, 0.2) is 0 Å². The van der Waals surface area contributed by atoms with Crippen molar-refractivity contribution in [3.8, 4) is 12.3 Å². The molecule has 1 aromatic rings. The molecule has 18 heavy (non-hydrogen) atoms. The largest absolute Gasteiger partial charge is 0.327 e. The molecular formula is C15H16BrNO. The van der Waals surface area contributed by atoms with Gasteiger partial charge in [0.1, 0.15) is 0 Å². The monoisotopic (exact) mass is 305 g/mol. The lowest BCUT2D eigenvalue weighted by atomic mass is 10.1. The van der Waals surface area contributed by atoms with Crippen LogP contribution >= 0.6 is 15.9 Å². The second-order valence-electron chi connectivity index (χ2n) is 4.80. The van der Waals surface area contributed by atoms with Gasteiger partial charge in [-0.15, -0.1) is 6.42 Å². The van der Waals surface area contributed by atoms with Gasteiger partial charge in [-0.1, -0.05) is 21.9 Å². The Balaban J connectivity index is 2.15. The van der Waals surface area contributed by atoms with Crippen molar-refractivity contribution in [2.24, 2.45) is 5.92 Å². The number of aryl methyl sites for hydroxylation is 1. The van der Waals surface area contributed by atoms with Gasteiger partial charge in [-0.05, 0) is 49.4 Å². The fraction of sp³-hybridized carbons (Fsp3) is 0.400. The highest BCUT2D eigenvalue weighted by Crippen LogP contribution is 2.30. The molecule has 0 aliphatic heterocycles. The third-order valence-electron chi connectivity index (χ3n) is 3.15. The minimum atomic E-state index is 0.0375. The normalized spacial score (nSPS) is 14.1. The number of benzene rings is 1. The van der Waals surface area contributed by atoms with E-state index >= 15 is 0 Å². The molecular weight excluding hydrogens is 290 g/mol. The zero-order valence-corrected chi connectivity index (χ0v) is 12.0. The lowest BCUT2D eigenvalue weighted by Crippen LogP contribution is -2.33. The van der Waals surface area contributed by atoms with Crippen molar-refractivity contribution in [2.45, 2.75) is 19.8 Å². The molecule has 1 aliphatic rings. The second kappa shape index (κ2) is 5.58. The average molecular weight is 306 g/mol. The minimum absolute atomic E-state index is 0.0375. The molecule has 1 amide bonds. The molecule has 0 radical (unpaired) electrons. The highest BCUT2D eigenvalue weighted by molar-refractivity contribution is 9.10. The molecule has 0 heterocycles. The summed E-state index contributed by atoms with van der Waals surface area (Å²) in [6.45, 7) is 3.16. The first kappa shape index (κ1) is 13.2. The molecule has 1 aliphatic carbocycles. The molecule has 0 saturated heterocycles. The van der Waals surface area contributed by atoms with Crippen LogP contribution in [0.3, 0.4) is 0 Å². The van der Waals surface area contributed by atoms with Gasteiger partial charge in [-0.2, -0.15) is 0 Å². The number of halogens is 1. The number of carbonyl (C=O) groups is 1. The van der Waals surface area contributed by atoms with E-state index in [1.165, 1.54) is 12.8 Å². The van der Waals surface area contributed by atoms with Crippen LogP contribution in [-0.4, -0.2) is 23.9 Å². The summed E-state index contributed by atoms with van der Waals surface area (Å²) in [6.07, 6.45) is 7.78. The van der Waals surface area contributed by atoms with Gasteiger partial charge in [-0.3, -0.25) is 4.79 Å². The fourth-order valence-corrected chi connectivity index (χ4v) is 2.15. The van der Waals surface area contributed by atoms with Crippen LogP contribution in [0.15, 0.2) is 22.7 Å². The molecule has 1 saturated carbocycles. The smallest absolute Gasteiger partial charge is 0.254 e. The Morgan fingerprint density at radius 3 is 2.83 bits per heavy atom. The van der Waals surface area contributed by atoms with Crippen LogP contribution in [0.4, 0.5) is 0 Å². The van der Waals surface area contributed by atoms with Crippen LogP contribution in [0.25, 0.3) is 0 Å². The van der Waals surface area contributed by atoms with E-state index in [0.717, 1.165) is 16.6 Å². The van der Waals surface area contributed by atoms with Gasteiger partial charge >= 0.3 is 0 Å². The van der Waals surface area contributed by atoms with E-state index in [-0.39, 0.29) is 5.91 Å². The third kappa shape index (κ3) is 3.14. The molecule has 3 heteroatoms. The van der Waals surface area contributed by atoms with E-state index in [9.17, 15) is 4.79 Å². The number of rotatable bonds is 4. The predicted octanol–water partition coefficient (Wildman–Crippen LogP) is 3.24. The summed E-state index contributed by atoms with van der Waals surface area (Å²) < 4.78 is 1.02. The number of terminal acetylenes is 1. The molecule has 94 valence electrons. The maximum Gasteiger partial charge on any atom is 0.254 e. The van der Waals surface area contributed by atoms with Crippen LogP contribution in [0.2, 0.25) is 0 Å². The van der Waals surface area contributed by atoms with E-state index < -0.39 is 0 Å². The van der Waals surface area contributed by atoms with Crippen molar-refractivity contribution < 1.29 is 4.79 Å². The van der Waals surface area contributed by atoms with Gasteiger partial charge < -0.3 is 4.90 Å². The highest BCUT2D eigenvalue weighted by atomic mass is 79.9. The molecule has 0 N–H and O–H groups in total. The number of hydrogen-bond donors (Lipinski definition) is 0. The summed E-state index contributed by atoms with van der Waals surface area (Å²) >= 11 is 3.44. The lowest BCUT2D eigenvalue weighted by Gasteiger charge is -2.20. The number of amides is 1. The first-order valence-corrected chi connectivity index (χ1v) is 6.90. The maximum atomic E-state index is 12.4. The third-order valence-corrected chi connectivity index (χ3v) is 4.04. The zero-order chi connectivity index (χ0) is 13.1. The van der Waals surface area contributed by atoms with Gasteiger partial charge in [0.25, 0.3) is 5.91 Å². The van der Waals surface area contributed by atoms with E-state index in [1.807, 2.05) is 25.1 Å². The molecule has 2 rings (SSSR count). The predicted molar refractivity (Wildman–Crippen MR) is 76.3 cm³/mol. The van der Waals surface area contributed by atoms with Crippen LogP contribution in [0, 0.1) is 25.2 Å². The SMILES string of the molecule is C#CCN(CC1CC1)C(=O)c1ccc(Br)c(C)c1. The average Bonchev–Trinajstić information content (AvgIpc) is 3.15. The van der Waals surface area contributed by atoms with Crippen molar-refractivity contribution in [1.82, 2.24) is 4.90 Å². The van der Waals surface area contributed by atoms with E-state index in [0.29, 0.717) is 18.0 Å². The summed E-state index contributed by atoms with van der Waals surface area (Å²) in [7, 11) is 0. The molecule has 2 nitrogen and oxygen atoms in total. The molecule has 0 spiro atoms. The van der Waals surface area contributed by atoms with Gasteiger partial charge in [0, 0.05) is 16.6 Å². The number of carbonyl (C=O) groups excluding carboxylic acids is 1. The Labute approximate surface area is 116 Å². The maximum absolute atomic E-state index is 12.4. The molecule has 0 bridgehead atoms. The second-order valence-corrected chi connectivity index (χ2v) is 5.65. The van der Waals surface area contributed by atoms with Crippen molar-refractivity contribution in [1.29, 1.82) is 0 Å². The zero-order valence-electron chi connectivity index (χ0n) is 10.4. The van der Waals surface area contributed by atoms with E-state index in [2.05, 4.69) is 21.9 Å². The molecule has 0 aromatic heterocycles. The fourth-order valence-electron chi connectivity index (χ4n) is 1.90. The van der Waals surface area contributed by atoms with Crippen LogP contribution in [0.5, 0.6) is 0 Å². The lowest BCUT2D eigenvalue weighted by molar-refractivity contribution is 0.0769. The summed E-state index contributed by atoms with van der Waals surface area (Å²) in [5.74, 6) is 3.26. The number of hydrogen-bond acceptors (Lipinski definition) is 1. The van der Waals surface area contributed by atoms with Crippen molar-refractivity contribution in [3.05, 3.63) is 33.8 Å². The molecule has 0 atom stereocenters. The first-order valence-electron chi connectivity index (χ1n) is 6.10. The van der Waals surface area contributed by atoms with Gasteiger partial charge in [-0.25, -0.2) is 0 Å². The minimum Gasteiger partial charge on any atom is -0.327 e. The molecule has 1 aromatic carbocycles. The Hall–Kier alpha value is -1.27. The molecule has 1 fully saturated rings. The summed E-state index contributed by atoms with van der Waals surface area (Å²) in [5.41, 5.74) is 1.78. The van der Waals surface area contributed by atoms with E-state index in [1.54, 1.807) is 4.90 Å². The van der Waals surface area contributed by atoms with E-state index in [4.69, 9.17) is 6.42 Å². The van der Waals surface area contributed by atoms with Crippen LogP contribution in [0.1, 0.15) is 28.8 Å². The van der Waals surface area contributed by atoms with Crippen LogP contribution < -0.4 is 0 Å². The van der Waals surface area contributed by atoms with Crippen molar-refractivity contribution in [2.75, 3.05) is 13.1 Å². The topological polar surface area (TPSA) is 20.3 Å². The Morgan fingerprint density at radius 2 is 2.28 bits per heavy atom. The molecule has 0 unspecified atom stereocenters. The number of nitrogens with zero attached hydrogens (tertiary/aromatic N) is 1. The highest BCUT2D eigenvalue weighted by Gasteiger charge is 2.26. The van der Waals surface area contributed by atoms with Crippen molar-refractivity contribution >= 4 is 21.8 Å². The summed E-state index contributed by atoms with van der Waals surface area (Å²) in [6, 6.07) is 5.66. The quantitative estimate of drug-likeness (QED) is 0.782. The Morgan fingerprint density at radius 1 is 1.56 bits per heavy atom. The van der Waals surface area contributed by atoms with Crippen molar-refractivity contribution in [3.63, 3.8) is 0 Å². The summed E-state index contributed by atoms with van der Waals surface area (Å²) in [4.78, 5) is 14.2. The van der Waals surface area contributed by atoms with Gasteiger partial charge in [0.2, 0.25) is 0 Å². The Bertz CT molecular complexity index is 500. The summed E-state index contributed by atoms with van der Waals surface area (Å²) in [5, 5.41) is 0. The Kier molecular flexibility index (Phi) is 4.08. The van der Waals surface area contributed by atoms with Gasteiger partial charge in [0.05, 0.1) is 6.54 Å². The standard InChI is InChI=1S/C15H16BrNO/c1-3-8-17(10-12-4-5-12)15(18)13-6-7-14(16)11(2)9-13/h1,6-7,9,12H,4-5,8,10H2,2H3. The first-order chi connectivity index (χ1) is 8.61. The van der Waals surface area contributed by atoms with Crippen LogP contribution in [-0.2, 0) is 0 Å².